The zero-order valence-electron chi connectivity index (χ0n) is 10.4. The van der Waals surface area contributed by atoms with Crippen molar-refractivity contribution in [2.24, 2.45) is 0 Å². The van der Waals surface area contributed by atoms with Gasteiger partial charge in [0.25, 0.3) is 0 Å². The number of nitrogens with zero attached hydrogens (tertiary/aromatic N) is 1. The topological polar surface area (TPSA) is 32.3 Å². The van der Waals surface area contributed by atoms with Crippen LogP contribution in [0.25, 0.3) is 0 Å². The lowest BCUT2D eigenvalue weighted by molar-refractivity contribution is -0.116. The van der Waals surface area contributed by atoms with E-state index in [0.29, 0.717) is 6.04 Å². The standard InChI is InChI=1S/C13H20N2O/c1-5-10(2)14-12-7-6-8-13(9-12)15(4)11(3)16/h6-10,14H,5H2,1-4H3. The van der Waals surface area contributed by atoms with Crippen LogP contribution in [0.3, 0.4) is 0 Å². The van der Waals surface area contributed by atoms with E-state index in [9.17, 15) is 4.79 Å². The van der Waals surface area contributed by atoms with Crippen LogP contribution in [0.1, 0.15) is 27.2 Å². The molecule has 0 aromatic heterocycles. The molecule has 1 amide bonds. The van der Waals surface area contributed by atoms with Gasteiger partial charge in [0.1, 0.15) is 0 Å². The molecule has 0 spiro atoms. The van der Waals surface area contributed by atoms with E-state index < -0.39 is 0 Å². The average Bonchev–Trinajstić information content (AvgIpc) is 2.28. The van der Waals surface area contributed by atoms with E-state index in [1.807, 2.05) is 24.3 Å². The number of benzene rings is 1. The van der Waals surface area contributed by atoms with Crippen LogP contribution in [0.5, 0.6) is 0 Å². The minimum absolute atomic E-state index is 0.0423. The third-order valence-corrected chi connectivity index (χ3v) is 2.73. The fourth-order valence-corrected chi connectivity index (χ4v) is 1.37. The number of hydrogen-bond acceptors (Lipinski definition) is 2. The van der Waals surface area contributed by atoms with E-state index in [4.69, 9.17) is 0 Å². The van der Waals surface area contributed by atoms with Crippen LogP contribution in [0, 0.1) is 0 Å². The molecule has 0 saturated heterocycles. The van der Waals surface area contributed by atoms with Crippen molar-refractivity contribution in [2.45, 2.75) is 33.2 Å². The van der Waals surface area contributed by atoms with Gasteiger partial charge in [0.15, 0.2) is 0 Å². The van der Waals surface area contributed by atoms with Gasteiger partial charge >= 0.3 is 0 Å². The molecule has 1 aromatic rings. The van der Waals surface area contributed by atoms with E-state index in [-0.39, 0.29) is 5.91 Å². The van der Waals surface area contributed by atoms with Crippen LogP contribution in [0.4, 0.5) is 11.4 Å². The summed E-state index contributed by atoms with van der Waals surface area (Å²) >= 11 is 0. The number of amides is 1. The predicted octanol–water partition coefficient (Wildman–Crippen LogP) is 2.88. The van der Waals surface area contributed by atoms with Gasteiger partial charge < -0.3 is 10.2 Å². The Morgan fingerprint density at radius 3 is 2.75 bits per heavy atom. The minimum atomic E-state index is 0.0423. The van der Waals surface area contributed by atoms with Gasteiger partial charge in [-0.15, -0.1) is 0 Å². The van der Waals surface area contributed by atoms with Gasteiger partial charge in [0.05, 0.1) is 0 Å². The normalized spacial score (nSPS) is 12.0. The summed E-state index contributed by atoms with van der Waals surface area (Å²) in [5.74, 6) is 0.0423. The summed E-state index contributed by atoms with van der Waals surface area (Å²) in [6, 6.07) is 8.35. The van der Waals surface area contributed by atoms with Crippen molar-refractivity contribution in [3.05, 3.63) is 24.3 Å². The summed E-state index contributed by atoms with van der Waals surface area (Å²) in [7, 11) is 1.78. The lowest BCUT2D eigenvalue weighted by Crippen LogP contribution is -2.23. The molecule has 0 aliphatic heterocycles. The zero-order valence-corrected chi connectivity index (χ0v) is 10.4. The molecule has 3 nitrogen and oxygen atoms in total. The van der Waals surface area contributed by atoms with Crippen LogP contribution in [0.2, 0.25) is 0 Å². The molecule has 0 radical (unpaired) electrons. The van der Waals surface area contributed by atoms with Crippen LogP contribution >= 0.6 is 0 Å². The van der Waals surface area contributed by atoms with Gasteiger partial charge in [-0.1, -0.05) is 13.0 Å². The fourth-order valence-electron chi connectivity index (χ4n) is 1.37. The number of anilines is 2. The fraction of sp³-hybridized carbons (Fsp3) is 0.462. The molecule has 0 fully saturated rings. The molecule has 0 bridgehead atoms. The first-order chi connectivity index (χ1) is 7.54. The highest BCUT2D eigenvalue weighted by atomic mass is 16.2. The summed E-state index contributed by atoms with van der Waals surface area (Å²) in [6.45, 7) is 5.85. The molecular formula is C13H20N2O. The van der Waals surface area contributed by atoms with Crippen molar-refractivity contribution in [1.82, 2.24) is 0 Å². The first kappa shape index (κ1) is 12.6. The monoisotopic (exact) mass is 220 g/mol. The molecule has 88 valence electrons. The van der Waals surface area contributed by atoms with Crippen molar-refractivity contribution in [1.29, 1.82) is 0 Å². The Bertz CT molecular complexity index is 363. The molecular weight excluding hydrogens is 200 g/mol. The van der Waals surface area contributed by atoms with Gasteiger partial charge in [-0.05, 0) is 31.5 Å². The number of hydrogen-bond donors (Lipinski definition) is 1. The summed E-state index contributed by atoms with van der Waals surface area (Å²) < 4.78 is 0. The average molecular weight is 220 g/mol. The maximum Gasteiger partial charge on any atom is 0.223 e. The Hall–Kier alpha value is -1.51. The van der Waals surface area contributed by atoms with Gasteiger partial charge in [-0.25, -0.2) is 0 Å². The van der Waals surface area contributed by atoms with E-state index in [0.717, 1.165) is 17.8 Å². The minimum Gasteiger partial charge on any atom is -0.383 e. The number of carbonyl (C=O) groups is 1. The maximum atomic E-state index is 11.2. The highest BCUT2D eigenvalue weighted by Crippen LogP contribution is 2.19. The van der Waals surface area contributed by atoms with Gasteiger partial charge in [0.2, 0.25) is 5.91 Å². The number of rotatable bonds is 4. The lowest BCUT2D eigenvalue weighted by atomic mass is 10.2. The SMILES string of the molecule is CCC(C)Nc1cccc(N(C)C(C)=O)c1. The molecule has 0 aliphatic rings. The first-order valence-electron chi connectivity index (χ1n) is 5.65. The lowest BCUT2D eigenvalue weighted by Gasteiger charge is -2.18. The van der Waals surface area contributed by atoms with Crippen LogP contribution in [-0.2, 0) is 4.79 Å². The van der Waals surface area contributed by atoms with Crippen molar-refractivity contribution >= 4 is 17.3 Å². The van der Waals surface area contributed by atoms with Gasteiger partial charge in [0, 0.05) is 31.4 Å². The summed E-state index contributed by atoms with van der Waals surface area (Å²) in [6.07, 6.45) is 1.08. The Morgan fingerprint density at radius 1 is 1.50 bits per heavy atom. The predicted molar refractivity (Wildman–Crippen MR) is 68.9 cm³/mol. The summed E-state index contributed by atoms with van der Waals surface area (Å²) in [5, 5.41) is 3.39. The molecule has 1 unspecified atom stereocenters. The highest BCUT2D eigenvalue weighted by molar-refractivity contribution is 5.91. The molecule has 1 rings (SSSR count). The van der Waals surface area contributed by atoms with E-state index in [1.165, 1.54) is 0 Å². The van der Waals surface area contributed by atoms with Crippen LogP contribution < -0.4 is 10.2 Å². The Kier molecular flexibility index (Phi) is 4.35. The Balaban J connectivity index is 2.82. The van der Waals surface area contributed by atoms with E-state index >= 15 is 0 Å². The number of nitrogens with one attached hydrogen (secondary N) is 1. The third-order valence-electron chi connectivity index (χ3n) is 2.73. The highest BCUT2D eigenvalue weighted by Gasteiger charge is 2.06. The molecule has 16 heavy (non-hydrogen) atoms. The van der Waals surface area contributed by atoms with Gasteiger partial charge in [-0.2, -0.15) is 0 Å². The summed E-state index contributed by atoms with van der Waals surface area (Å²) in [4.78, 5) is 12.9. The maximum absolute atomic E-state index is 11.2. The zero-order chi connectivity index (χ0) is 12.1. The van der Waals surface area contributed by atoms with Gasteiger partial charge in [-0.3, -0.25) is 4.79 Å². The first-order valence-corrected chi connectivity index (χ1v) is 5.65. The quantitative estimate of drug-likeness (QED) is 0.846. The molecule has 0 saturated carbocycles. The number of carbonyl (C=O) groups excluding carboxylic acids is 1. The second-order valence-corrected chi connectivity index (χ2v) is 4.08. The van der Waals surface area contributed by atoms with Crippen LogP contribution in [0.15, 0.2) is 24.3 Å². The van der Waals surface area contributed by atoms with Crippen molar-refractivity contribution < 1.29 is 4.79 Å². The molecule has 1 aromatic carbocycles. The molecule has 1 N–H and O–H groups in total. The summed E-state index contributed by atoms with van der Waals surface area (Å²) in [5.41, 5.74) is 1.97. The molecule has 1 atom stereocenters. The van der Waals surface area contributed by atoms with E-state index in [1.54, 1.807) is 18.9 Å². The molecule has 0 aliphatic carbocycles. The Morgan fingerprint density at radius 2 is 2.19 bits per heavy atom. The van der Waals surface area contributed by atoms with E-state index in [2.05, 4.69) is 19.2 Å². The Labute approximate surface area is 97.5 Å². The largest absolute Gasteiger partial charge is 0.383 e. The second kappa shape index (κ2) is 5.54. The third kappa shape index (κ3) is 3.26. The van der Waals surface area contributed by atoms with Crippen LogP contribution in [-0.4, -0.2) is 19.0 Å². The van der Waals surface area contributed by atoms with Crippen molar-refractivity contribution in [3.63, 3.8) is 0 Å². The van der Waals surface area contributed by atoms with Crippen molar-refractivity contribution in [3.8, 4) is 0 Å². The smallest absolute Gasteiger partial charge is 0.223 e. The molecule has 0 heterocycles. The second-order valence-electron chi connectivity index (χ2n) is 4.08. The molecule has 3 heteroatoms. The van der Waals surface area contributed by atoms with Crippen molar-refractivity contribution in [2.75, 3.05) is 17.3 Å².